The van der Waals surface area contributed by atoms with E-state index in [2.05, 4.69) is 29.0 Å². The molecule has 0 saturated heterocycles. The molecule has 0 bridgehead atoms. The molecule has 2 aromatic rings. The monoisotopic (exact) mass is 329 g/mol. The summed E-state index contributed by atoms with van der Waals surface area (Å²) < 4.78 is 5.48. The van der Waals surface area contributed by atoms with Gasteiger partial charge in [-0.2, -0.15) is 0 Å². The molecule has 0 unspecified atom stereocenters. The molecule has 1 N–H and O–H groups in total. The fourth-order valence-electron chi connectivity index (χ4n) is 2.41. The highest BCUT2D eigenvalue weighted by Crippen LogP contribution is 2.19. The van der Waals surface area contributed by atoms with E-state index in [1.54, 1.807) is 4.90 Å². The van der Waals surface area contributed by atoms with Crippen molar-refractivity contribution < 1.29 is 9.53 Å². The number of nitrogens with zero attached hydrogens (tertiary/aromatic N) is 2. The SMILES string of the molecule is CCCN(Cc1ncc(-c2cccc(C)c2)[nH]1)C(=O)OC(C)(C)C. The summed E-state index contributed by atoms with van der Waals surface area (Å²) in [6.07, 6.45) is 2.37. The lowest BCUT2D eigenvalue weighted by molar-refractivity contribution is 0.0229. The number of H-pyrrole nitrogens is 1. The highest BCUT2D eigenvalue weighted by atomic mass is 16.6. The van der Waals surface area contributed by atoms with Crippen LogP contribution in [0.2, 0.25) is 0 Å². The molecule has 5 nitrogen and oxygen atoms in total. The predicted octanol–water partition coefficient (Wildman–Crippen LogP) is 4.53. The number of hydrogen-bond donors (Lipinski definition) is 1. The summed E-state index contributed by atoms with van der Waals surface area (Å²) >= 11 is 0. The molecule has 5 heteroatoms. The number of carbonyl (C=O) groups excluding carboxylic acids is 1. The number of rotatable bonds is 5. The third-order valence-electron chi connectivity index (χ3n) is 3.44. The Bertz CT molecular complexity index is 686. The Balaban J connectivity index is 2.11. The number of benzene rings is 1. The summed E-state index contributed by atoms with van der Waals surface area (Å²) in [5.41, 5.74) is 2.74. The van der Waals surface area contributed by atoms with Crippen molar-refractivity contribution in [2.45, 2.75) is 53.2 Å². The van der Waals surface area contributed by atoms with Crippen molar-refractivity contribution in [3.8, 4) is 11.3 Å². The Morgan fingerprint density at radius 3 is 2.71 bits per heavy atom. The molecule has 0 saturated carbocycles. The summed E-state index contributed by atoms with van der Waals surface area (Å²) in [4.78, 5) is 21.7. The Morgan fingerprint density at radius 2 is 2.08 bits per heavy atom. The molecule has 0 aliphatic carbocycles. The topological polar surface area (TPSA) is 58.2 Å². The van der Waals surface area contributed by atoms with Crippen LogP contribution in [0.3, 0.4) is 0 Å². The normalized spacial score (nSPS) is 11.4. The molecule has 2 rings (SSSR count). The molecule has 130 valence electrons. The highest BCUT2D eigenvalue weighted by molar-refractivity contribution is 5.68. The third-order valence-corrected chi connectivity index (χ3v) is 3.44. The van der Waals surface area contributed by atoms with E-state index in [-0.39, 0.29) is 6.09 Å². The van der Waals surface area contributed by atoms with Gasteiger partial charge >= 0.3 is 6.09 Å². The number of imidazole rings is 1. The van der Waals surface area contributed by atoms with Gasteiger partial charge in [0.1, 0.15) is 11.4 Å². The van der Waals surface area contributed by atoms with Crippen molar-refractivity contribution in [1.29, 1.82) is 0 Å². The van der Waals surface area contributed by atoms with Crippen LogP contribution in [-0.4, -0.2) is 33.1 Å². The quantitative estimate of drug-likeness (QED) is 0.876. The van der Waals surface area contributed by atoms with Gasteiger partial charge in [0.05, 0.1) is 18.4 Å². The van der Waals surface area contributed by atoms with Gasteiger partial charge in [0, 0.05) is 6.54 Å². The molecule has 1 aromatic heterocycles. The molecule has 0 atom stereocenters. The van der Waals surface area contributed by atoms with Gasteiger partial charge in [-0.05, 0) is 45.7 Å². The van der Waals surface area contributed by atoms with Gasteiger partial charge in [-0.25, -0.2) is 9.78 Å². The molecule has 1 amide bonds. The van der Waals surface area contributed by atoms with E-state index in [0.717, 1.165) is 23.5 Å². The second kappa shape index (κ2) is 7.51. The van der Waals surface area contributed by atoms with Gasteiger partial charge in [-0.3, -0.25) is 0 Å². The summed E-state index contributed by atoms with van der Waals surface area (Å²) in [5, 5.41) is 0. The van der Waals surface area contributed by atoms with Crippen molar-refractivity contribution in [2.24, 2.45) is 0 Å². The zero-order valence-electron chi connectivity index (χ0n) is 15.2. The van der Waals surface area contributed by atoms with Gasteiger partial charge in [-0.1, -0.05) is 30.7 Å². The smallest absolute Gasteiger partial charge is 0.410 e. The Kier molecular flexibility index (Phi) is 5.65. The second-order valence-electron chi connectivity index (χ2n) is 7.01. The van der Waals surface area contributed by atoms with Crippen molar-refractivity contribution in [2.75, 3.05) is 6.54 Å². The van der Waals surface area contributed by atoms with Crippen LogP contribution >= 0.6 is 0 Å². The number of amides is 1. The minimum atomic E-state index is -0.501. The van der Waals surface area contributed by atoms with Gasteiger partial charge in [-0.15, -0.1) is 0 Å². The largest absolute Gasteiger partial charge is 0.444 e. The van der Waals surface area contributed by atoms with Crippen LogP contribution in [-0.2, 0) is 11.3 Å². The molecule has 0 radical (unpaired) electrons. The van der Waals surface area contributed by atoms with Gasteiger partial charge in [0.15, 0.2) is 0 Å². The van der Waals surface area contributed by atoms with Crippen molar-refractivity contribution in [1.82, 2.24) is 14.9 Å². The number of aryl methyl sites for hydroxylation is 1. The lowest BCUT2D eigenvalue weighted by atomic mass is 10.1. The summed E-state index contributed by atoms with van der Waals surface area (Å²) in [7, 11) is 0. The first-order chi connectivity index (χ1) is 11.3. The molecular formula is C19H27N3O2. The van der Waals surface area contributed by atoms with Gasteiger partial charge in [0.2, 0.25) is 0 Å². The minimum Gasteiger partial charge on any atom is -0.444 e. The zero-order valence-corrected chi connectivity index (χ0v) is 15.2. The lowest BCUT2D eigenvalue weighted by Crippen LogP contribution is -2.37. The lowest BCUT2D eigenvalue weighted by Gasteiger charge is -2.26. The van der Waals surface area contributed by atoms with Crippen LogP contribution in [0.15, 0.2) is 30.5 Å². The van der Waals surface area contributed by atoms with E-state index in [4.69, 9.17) is 4.74 Å². The second-order valence-corrected chi connectivity index (χ2v) is 7.01. The number of nitrogens with one attached hydrogen (secondary N) is 1. The van der Waals surface area contributed by atoms with Crippen LogP contribution in [0, 0.1) is 6.92 Å². The molecule has 0 aliphatic heterocycles. The fraction of sp³-hybridized carbons (Fsp3) is 0.474. The van der Waals surface area contributed by atoms with Crippen molar-refractivity contribution in [3.05, 3.63) is 41.9 Å². The standard InChI is InChI=1S/C19H27N3O2/c1-6-10-22(18(23)24-19(3,4)5)13-17-20-12-16(21-17)15-9-7-8-14(2)11-15/h7-9,11-12H,6,10,13H2,1-5H3,(H,20,21). The predicted molar refractivity (Wildman–Crippen MR) is 95.7 cm³/mol. The van der Waals surface area contributed by atoms with Crippen LogP contribution in [0.5, 0.6) is 0 Å². The molecule has 1 aromatic carbocycles. The summed E-state index contributed by atoms with van der Waals surface area (Å²) in [6.45, 7) is 10.8. The number of aromatic nitrogens is 2. The average Bonchev–Trinajstić information content (AvgIpc) is 2.93. The van der Waals surface area contributed by atoms with Crippen LogP contribution < -0.4 is 0 Å². The van der Waals surface area contributed by atoms with E-state index >= 15 is 0 Å². The van der Waals surface area contributed by atoms with Crippen molar-refractivity contribution in [3.63, 3.8) is 0 Å². The Morgan fingerprint density at radius 1 is 1.33 bits per heavy atom. The van der Waals surface area contributed by atoms with Crippen LogP contribution in [0.25, 0.3) is 11.3 Å². The van der Waals surface area contributed by atoms with Crippen LogP contribution in [0.4, 0.5) is 4.79 Å². The summed E-state index contributed by atoms with van der Waals surface area (Å²) in [5.74, 6) is 0.755. The van der Waals surface area contributed by atoms with E-state index in [9.17, 15) is 4.79 Å². The molecule has 24 heavy (non-hydrogen) atoms. The fourth-order valence-corrected chi connectivity index (χ4v) is 2.41. The maximum atomic E-state index is 12.3. The Labute approximate surface area is 144 Å². The summed E-state index contributed by atoms with van der Waals surface area (Å²) in [6, 6.07) is 8.23. The Hall–Kier alpha value is -2.30. The van der Waals surface area contributed by atoms with E-state index in [1.807, 2.05) is 46.0 Å². The van der Waals surface area contributed by atoms with Gasteiger partial charge in [0.25, 0.3) is 0 Å². The average molecular weight is 329 g/mol. The number of ether oxygens (including phenoxy) is 1. The zero-order chi connectivity index (χ0) is 17.7. The first kappa shape index (κ1) is 18.0. The van der Waals surface area contributed by atoms with Gasteiger partial charge < -0.3 is 14.6 Å². The molecule has 0 aliphatic rings. The van der Waals surface area contributed by atoms with Crippen molar-refractivity contribution >= 4 is 6.09 Å². The first-order valence-corrected chi connectivity index (χ1v) is 8.37. The number of hydrogen-bond acceptors (Lipinski definition) is 3. The molecule has 1 heterocycles. The molecular weight excluding hydrogens is 302 g/mol. The molecule has 0 spiro atoms. The number of carbonyl (C=O) groups is 1. The maximum Gasteiger partial charge on any atom is 0.410 e. The van der Waals surface area contributed by atoms with E-state index in [1.165, 1.54) is 5.56 Å². The van der Waals surface area contributed by atoms with Crippen LogP contribution in [0.1, 0.15) is 45.5 Å². The third kappa shape index (κ3) is 5.11. The number of aromatic amines is 1. The van der Waals surface area contributed by atoms with E-state index in [0.29, 0.717) is 13.1 Å². The maximum absolute atomic E-state index is 12.3. The minimum absolute atomic E-state index is 0.308. The molecule has 0 fully saturated rings. The highest BCUT2D eigenvalue weighted by Gasteiger charge is 2.22. The first-order valence-electron chi connectivity index (χ1n) is 8.37. The van der Waals surface area contributed by atoms with E-state index < -0.39 is 5.60 Å².